The zero-order valence-electron chi connectivity index (χ0n) is 8.13. The topological polar surface area (TPSA) is 29.1 Å². The summed E-state index contributed by atoms with van der Waals surface area (Å²) >= 11 is 7.42. The lowest BCUT2D eigenvalue weighted by atomic mass is 9.78. The van der Waals surface area contributed by atoms with Crippen molar-refractivity contribution in [2.75, 3.05) is 0 Å². The summed E-state index contributed by atoms with van der Waals surface area (Å²) in [6, 6.07) is 2.14. The molecule has 2 heterocycles. The molecule has 2 atom stereocenters. The highest BCUT2D eigenvalue weighted by Crippen LogP contribution is 2.38. The van der Waals surface area contributed by atoms with Gasteiger partial charge in [-0.15, -0.1) is 11.3 Å². The van der Waals surface area contributed by atoms with Crippen molar-refractivity contribution in [3.63, 3.8) is 0 Å². The van der Waals surface area contributed by atoms with Crippen LogP contribution in [0.25, 0.3) is 0 Å². The molecule has 0 radical (unpaired) electrons. The van der Waals surface area contributed by atoms with Gasteiger partial charge in [0.2, 0.25) is 5.91 Å². The normalized spacial score (nSPS) is 31.9. The first kappa shape index (κ1) is 9.99. The quantitative estimate of drug-likeness (QED) is 0.788. The Balaban J connectivity index is 2.37. The number of carbonyl (C=O) groups excluding carboxylic acids is 1. The van der Waals surface area contributed by atoms with E-state index in [1.165, 1.54) is 16.9 Å². The van der Waals surface area contributed by atoms with Gasteiger partial charge in [0.25, 0.3) is 0 Å². The maximum absolute atomic E-state index is 11.3. The van der Waals surface area contributed by atoms with Gasteiger partial charge in [-0.25, -0.2) is 0 Å². The number of hydrogen-bond donors (Lipinski definition) is 1. The summed E-state index contributed by atoms with van der Waals surface area (Å²) in [5.41, 5.74) is 1.07. The fourth-order valence-electron chi connectivity index (χ4n) is 1.90. The molecular weight excluding hydrogens is 218 g/mol. The van der Waals surface area contributed by atoms with Crippen molar-refractivity contribution in [1.29, 1.82) is 0 Å². The molecule has 1 N–H and O–H groups in total. The highest BCUT2D eigenvalue weighted by atomic mass is 35.5. The van der Waals surface area contributed by atoms with Gasteiger partial charge in [0.1, 0.15) is 0 Å². The molecule has 76 valence electrons. The van der Waals surface area contributed by atoms with Gasteiger partial charge in [0, 0.05) is 17.9 Å². The van der Waals surface area contributed by atoms with E-state index in [9.17, 15) is 4.79 Å². The number of thiophene rings is 1. The molecule has 0 saturated carbocycles. The van der Waals surface area contributed by atoms with Crippen molar-refractivity contribution < 1.29 is 4.79 Å². The van der Waals surface area contributed by atoms with E-state index >= 15 is 0 Å². The van der Waals surface area contributed by atoms with Crippen molar-refractivity contribution in [3.05, 3.63) is 21.3 Å². The van der Waals surface area contributed by atoms with E-state index in [0.717, 1.165) is 4.34 Å². The van der Waals surface area contributed by atoms with Crippen LogP contribution in [0, 0.1) is 0 Å². The van der Waals surface area contributed by atoms with Gasteiger partial charge < -0.3 is 5.32 Å². The first-order valence-corrected chi connectivity index (χ1v) is 5.82. The lowest BCUT2D eigenvalue weighted by Gasteiger charge is -2.26. The zero-order valence-corrected chi connectivity index (χ0v) is 9.71. The molecule has 0 bridgehead atoms. The Morgan fingerprint density at radius 1 is 1.71 bits per heavy atom. The molecular formula is C10H12ClNOS. The Kier molecular flexibility index (Phi) is 2.32. The van der Waals surface area contributed by atoms with E-state index < -0.39 is 0 Å². The van der Waals surface area contributed by atoms with Gasteiger partial charge >= 0.3 is 0 Å². The van der Waals surface area contributed by atoms with Crippen LogP contribution in [0.5, 0.6) is 0 Å². The van der Waals surface area contributed by atoms with Crippen LogP contribution in [-0.2, 0) is 10.2 Å². The Morgan fingerprint density at radius 2 is 2.43 bits per heavy atom. The Morgan fingerprint density at radius 3 is 2.86 bits per heavy atom. The predicted molar refractivity (Wildman–Crippen MR) is 58.9 cm³/mol. The maximum atomic E-state index is 11.3. The summed E-state index contributed by atoms with van der Waals surface area (Å²) in [5.74, 6) is 0.127. The second kappa shape index (κ2) is 3.24. The van der Waals surface area contributed by atoms with E-state index in [-0.39, 0.29) is 17.4 Å². The zero-order chi connectivity index (χ0) is 10.3. The predicted octanol–water partition coefficient (Wildman–Crippen LogP) is 2.57. The lowest BCUT2D eigenvalue weighted by molar-refractivity contribution is -0.119. The van der Waals surface area contributed by atoms with Gasteiger partial charge in [-0.1, -0.05) is 18.5 Å². The average Bonchev–Trinajstić information content (AvgIpc) is 2.59. The number of halogens is 1. The molecule has 2 rings (SSSR count). The third-order valence-electron chi connectivity index (χ3n) is 3.09. The lowest BCUT2D eigenvalue weighted by Crippen LogP contribution is -2.35. The van der Waals surface area contributed by atoms with Crippen molar-refractivity contribution in [2.45, 2.75) is 31.7 Å². The van der Waals surface area contributed by atoms with Gasteiger partial charge in [0.05, 0.1) is 4.34 Å². The first-order chi connectivity index (χ1) is 6.52. The molecule has 1 fully saturated rings. The summed E-state index contributed by atoms with van der Waals surface area (Å²) in [6.45, 7) is 4.14. The van der Waals surface area contributed by atoms with E-state index in [1.807, 2.05) is 18.4 Å². The fraction of sp³-hybridized carbons (Fsp3) is 0.500. The smallest absolute Gasteiger partial charge is 0.221 e. The molecule has 0 spiro atoms. The van der Waals surface area contributed by atoms with Crippen LogP contribution in [0.3, 0.4) is 0 Å². The van der Waals surface area contributed by atoms with Crippen molar-refractivity contribution in [1.82, 2.24) is 5.32 Å². The van der Waals surface area contributed by atoms with Crippen LogP contribution in [0.1, 0.15) is 25.8 Å². The van der Waals surface area contributed by atoms with Crippen molar-refractivity contribution in [3.8, 4) is 0 Å². The maximum Gasteiger partial charge on any atom is 0.221 e. The molecule has 2 unspecified atom stereocenters. The summed E-state index contributed by atoms with van der Waals surface area (Å²) in [4.78, 5) is 11.3. The van der Waals surface area contributed by atoms with Gasteiger partial charge in [-0.05, 0) is 23.9 Å². The van der Waals surface area contributed by atoms with Crippen molar-refractivity contribution >= 4 is 28.8 Å². The molecule has 1 aliphatic rings. The van der Waals surface area contributed by atoms with E-state index in [2.05, 4.69) is 12.2 Å². The Labute approximate surface area is 92.3 Å². The average molecular weight is 230 g/mol. The van der Waals surface area contributed by atoms with Crippen molar-refractivity contribution in [2.24, 2.45) is 0 Å². The molecule has 0 aliphatic carbocycles. The third kappa shape index (κ3) is 1.44. The molecule has 14 heavy (non-hydrogen) atoms. The van der Waals surface area contributed by atoms with Crippen LogP contribution >= 0.6 is 22.9 Å². The minimum atomic E-state index is -0.0965. The summed E-state index contributed by atoms with van der Waals surface area (Å²) in [5, 5.41) is 4.98. The monoisotopic (exact) mass is 229 g/mol. The SMILES string of the molecule is CC1NC(=O)CC1(C)c1csc(Cl)c1. The number of rotatable bonds is 1. The number of nitrogens with one attached hydrogen (secondary N) is 1. The molecule has 0 aromatic carbocycles. The first-order valence-electron chi connectivity index (χ1n) is 4.56. The van der Waals surface area contributed by atoms with Crippen LogP contribution < -0.4 is 5.32 Å². The van der Waals surface area contributed by atoms with Crippen LogP contribution in [0.15, 0.2) is 11.4 Å². The Hall–Kier alpha value is -0.540. The van der Waals surface area contributed by atoms with E-state index in [0.29, 0.717) is 6.42 Å². The Bertz CT molecular complexity index is 376. The molecule has 4 heteroatoms. The molecule has 1 aliphatic heterocycles. The highest BCUT2D eigenvalue weighted by Gasteiger charge is 2.42. The molecule has 1 saturated heterocycles. The molecule has 2 nitrogen and oxygen atoms in total. The van der Waals surface area contributed by atoms with Crippen LogP contribution in [0.2, 0.25) is 4.34 Å². The minimum absolute atomic E-state index is 0.0965. The second-order valence-corrected chi connectivity index (χ2v) is 5.57. The number of amides is 1. The summed E-state index contributed by atoms with van der Waals surface area (Å²) in [6.07, 6.45) is 0.557. The summed E-state index contributed by atoms with van der Waals surface area (Å²) < 4.78 is 0.785. The minimum Gasteiger partial charge on any atom is -0.353 e. The molecule has 1 aromatic heterocycles. The standard InChI is InChI=1S/C10H12ClNOS/c1-6-10(2,4-9(13)12-6)7-3-8(11)14-5-7/h3,5-6H,4H2,1-2H3,(H,12,13). The van der Waals surface area contributed by atoms with E-state index in [1.54, 1.807) is 0 Å². The van der Waals surface area contributed by atoms with Crippen LogP contribution in [0.4, 0.5) is 0 Å². The highest BCUT2D eigenvalue weighted by molar-refractivity contribution is 7.14. The molecule has 1 aromatic rings. The molecule has 1 amide bonds. The van der Waals surface area contributed by atoms with Crippen LogP contribution in [-0.4, -0.2) is 11.9 Å². The van der Waals surface area contributed by atoms with Gasteiger partial charge in [0.15, 0.2) is 0 Å². The largest absolute Gasteiger partial charge is 0.353 e. The van der Waals surface area contributed by atoms with Gasteiger partial charge in [-0.2, -0.15) is 0 Å². The number of hydrogen-bond acceptors (Lipinski definition) is 2. The van der Waals surface area contributed by atoms with E-state index in [4.69, 9.17) is 11.6 Å². The fourth-order valence-corrected chi connectivity index (χ4v) is 2.92. The van der Waals surface area contributed by atoms with Gasteiger partial charge in [-0.3, -0.25) is 4.79 Å². The number of carbonyl (C=O) groups is 1. The summed E-state index contributed by atoms with van der Waals surface area (Å²) in [7, 11) is 0. The third-order valence-corrected chi connectivity index (χ3v) is 4.18. The second-order valence-electron chi connectivity index (χ2n) is 4.02.